The number of nitrogens with zero attached hydrogens (tertiary/aromatic N) is 4. The SMILES string of the molecule is CC1Oc2cc(Nc3cc4c(cn3)ncn4CC3CC3)ccc2N(C)C1=O. The molecule has 2 aromatic heterocycles. The van der Waals surface area contributed by atoms with Crippen molar-refractivity contribution in [1.82, 2.24) is 14.5 Å². The van der Waals surface area contributed by atoms with E-state index < -0.39 is 6.10 Å². The Bertz CT molecular complexity index is 1040. The highest BCUT2D eigenvalue weighted by molar-refractivity contribution is 5.99. The molecule has 27 heavy (non-hydrogen) atoms. The molecule has 1 saturated carbocycles. The maximum atomic E-state index is 12.0. The maximum Gasteiger partial charge on any atom is 0.267 e. The Balaban J connectivity index is 1.43. The van der Waals surface area contributed by atoms with Crippen LogP contribution in [-0.2, 0) is 11.3 Å². The van der Waals surface area contributed by atoms with Crippen molar-refractivity contribution in [1.29, 1.82) is 0 Å². The van der Waals surface area contributed by atoms with Crippen LogP contribution in [0.3, 0.4) is 0 Å². The van der Waals surface area contributed by atoms with Gasteiger partial charge in [0.15, 0.2) is 6.10 Å². The zero-order chi connectivity index (χ0) is 18.5. The topological polar surface area (TPSA) is 72.3 Å². The number of nitrogens with one attached hydrogen (secondary N) is 1. The van der Waals surface area contributed by atoms with Gasteiger partial charge in [-0.3, -0.25) is 4.79 Å². The Kier molecular flexibility index (Phi) is 3.56. The lowest BCUT2D eigenvalue weighted by Gasteiger charge is -2.30. The van der Waals surface area contributed by atoms with Gasteiger partial charge in [0.2, 0.25) is 0 Å². The third-order valence-corrected chi connectivity index (χ3v) is 5.23. The van der Waals surface area contributed by atoms with Crippen LogP contribution in [0.15, 0.2) is 36.8 Å². The average molecular weight is 363 g/mol. The standard InChI is InChI=1S/C20H21N5O2/c1-12-20(26)24(2)16-6-5-14(7-18(16)27-12)23-19-8-17-15(9-21-19)22-11-25(17)10-13-3-4-13/h5-9,11-13H,3-4,10H2,1-2H3,(H,21,23). The number of rotatable bonds is 4. The molecule has 1 aliphatic carbocycles. The number of hydrogen-bond acceptors (Lipinski definition) is 5. The van der Waals surface area contributed by atoms with Gasteiger partial charge in [-0.2, -0.15) is 0 Å². The van der Waals surface area contributed by atoms with Gasteiger partial charge in [-0.1, -0.05) is 0 Å². The van der Waals surface area contributed by atoms with Crippen molar-refractivity contribution in [2.24, 2.45) is 5.92 Å². The van der Waals surface area contributed by atoms with Crippen molar-refractivity contribution < 1.29 is 9.53 Å². The van der Waals surface area contributed by atoms with Crippen molar-refractivity contribution in [3.8, 4) is 5.75 Å². The van der Waals surface area contributed by atoms with E-state index in [4.69, 9.17) is 4.74 Å². The number of amides is 1. The highest BCUT2D eigenvalue weighted by Crippen LogP contribution is 2.36. The molecular weight excluding hydrogens is 342 g/mol. The predicted octanol–water partition coefficient (Wildman–Crippen LogP) is 3.33. The van der Waals surface area contributed by atoms with E-state index >= 15 is 0 Å². The summed E-state index contributed by atoms with van der Waals surface area (Å²) in [7, 11) is 1.77. The van der Waals surface area contributed by atoms with Crippen molar-refractivity contribution >= 4 is 34.1 Å². The van der Waals surface area contributed by atoms with Crippen molar-refractivity contribution in [2.45, 2.75) is 32.4 Å². The monoisotopic (exact) mass is 363 g/mol. The summed E-state index contributed by atoms with van der Waals surface area (Å²) in [5.74, 6) is 2.19. The lowest BCUT2D eigenvalue weighted by Crippen LogP contribution is -2.41. The molecule has 0 saturated heterocycles. The summed E-state index contributed by atoms with van der Waals surface area (Å²) in [5.41, 5.74) is 3.63. The van der Waals surface area contributed by atoms with Crippen LogP contribution < -0.4 is 15.0 Å². The van der Waals surface area contributed by atoms with Gasteiger partial charge in [0, 0.05) is 31.4 Å². The minimum atomic E-state index is -0.482. The van der Waals surface area contributed by atoms with Crippen LogP contribution in [-0.4, -0.2) is 33.6 Å². The molecule has 7 nitrogen and oxygen atoms in total. The molecule has 0 spiro atoms. The number of carbonyl (C=O) groups excluding carboxylic acids is 1. The van der Waals surface area contributed by atoms with E-state index in [-0.39, 0.29) is 5.91 Å². The van der Waals surface area contributed by atoms with Gasteiger partial charge >= 0.3 is 0 Å². The first kappa shape index (κ1) is 16.1. The lowest BCUT2D eigenvalue weighted by molar-refractivity contribution is -0.125. The Morgan fingerprint density at radius 1 is 1.26 bits per heavy atom. The molecule has 1 amide bonds. The molecule has 3 aromatic rings. The van der Waals surface area contributed by atoms with Crippen molar-refractivity contribution in [3.05, 3.63) is 36.8 Å². The van der Waals surface area contributed by atoms with E-state index in [1.54, 1.807) is 25.1 Å². The molecule has 1 atom stereocenters. The minimum Gasteiger partial charge on any atom is -0.479 e. The van der Waals surface area contributed by atoms with Crippen LogP contribution >= 0.6 is 0 Å². The molecule has 0 radical (unpaired) electrons. The summed E-state index contributed by atoms with van der Waals surface area (Å²) >= 11 is 0. The van der Waals surface area contributed by atoms with Crippen LogP contribution in [0.2, 0.25) is 0 Å². The second-order valence-corrected chi connectivity index (χ2v) is 7.36. The van der Waals surface area contributed by atoms with E-state index in [1.165, 1.54) is 12.8 Å². The zero-order valence-electron chi connectivity index (χ0n) is 15.3. The number of likely N-dealkylation sites (N-methyl/N-ethyl adjacent to an activating group) is 1. The fraction of sp³-hybridized carbons (Fsp3) is 0.350. The molecule has 2 aliphatic rings. The predicted molar refractivity (Wildman–Crippen MR) is 103 cm³/mol. The third-order valence-electron chi connectivity index (χ3n) is 5.23. The summed E-state index contributed by atoms with van der Waals surface area (Å²) in [5, 5.41) is 3.34. The van der Waals surface area contributed by atoms with E-state index in [0.717, 1.165) is 40.7 Å². The quantitative estimate of drug-likeness (QED) is 0.770. The summed E-state index contributed by atoms with van der Waals surface area (Å²) < 4.78 is 7.96. The Morgan fingerprint density at radius 3 is 2.93 bits per heavy atom. The van der Waals surface area contributed by atoms with Crippen molar-refractivity contribution in [3.63, 3.8) is 0 Å². The largest absolute Gasteiger partial charge is 0.479 e. The smallest absolute Gasteiger partial charge is 0.267 e. The zero-order valence-corrected chi connectivity index (χ0v) is 15.3. The molecular formula is C20H21N5O2. The van der Waals surface area contributed by atoms with Gasteiger partial charge in [-0.25, -0.2) is 9.97 Å². The number of pyridine rings is 1. The summed E-state index contributed by atoms with van der Waals surface area (Å²) in [6.45, 7) is 2.78. The Labute approximate surface area is 157 Å². The van der Waals surface area contributed by atoms with Crippen LogP contribution in [0.1, 0.15) is 19.8 Å². The molecule has 7 heteroatoms. The van der Waals surface area contributed by atoms with E-state index in [0.29, 0.717) is 5.75 Å². The molecule has 138 valence electrons. The lowest BCUT2D eigenvalue weighted by atomic mass is 10.2. The number of anilines is 3. The number of imidazole rings is 1. The molecule has 5 rings (SSSR count). The first-order valence-corrected chi connectivity index (χ1v) is 9.24. The van der Waals surface area contributed by atoms with Gasteiger partial charge < -0.3 is 19.5 Å². The molecule has 1 N–H and O–H groups in total. The first-order valence-electron chi connectivity index (χ1n) is 9.24. The summed E-state index contributed by atoms with van der Waals surface area (Å²) in [6.07, 6.45) is 5.82. The van der Waals surface area contributed by atoms with Crippen LogP contribution in [0.5, 0.6) is 5.75 Å². The molecule has 1 aromatic carbocycles. The molecule has 3 heterocycles. The average Bonchev–Trinajstić information content (AvgIpc) is 3.39. The van der Waals surface area contributed by atoms with Crippen LogP contribution in [0.25, 0.3) is 11.0 Å². The van der Waals surface area contributed by atoms with Crippen LogP contribution in [0.4, 0.5) is 17.2 Å². The Hall–Kier alpha value is -3.09. The number of benzene rings is 1. The van der Waals surface area contributed by atoms with E-state index in [9.17, 15) is 4.79 Å². The highest BCUT2D eigenvalue weighted by Gasteiger charge is 2.29. The second-order valence-electron chi connectivity index (χ2n) is 7.36. The van der Waals surface area contributed by atoms with Gasteiger partial charge in [0.05, 0.1) is 23.7 Å². The summed E-state index contributed by atoms with van der Waals surface area (Å²) in [6, 6.07) is 7.75. The fourth-order valence-corrected chi connectivity index (χ4v) is 3.50. The number of aromatic nitrogens is 3. The summed E-state index contributed by atoms with van der Waals surface area (Å²) in [4.78, 5) is 22.6. The van der Waals surface area contributed by atoms with Gasteiger partial charge in [0.1, 0.15) is 17.1 Å². The molecule has 1 unspecified atom stereocenters. The minimum absolute atomic E-state index is 0.0424. The van der Waals surface area contributed by atoms with Gasteiger partial charge in [-0.05, 0) is 37.8 Å². The molecule has 1 fully saturated rings. The third kappa shape index (κ3) is 2.89. The van der Waals surface area contributed by atoms with Crippen LogP contribution in [0, 0.1) is 5.92 Å². The van der Waals surface area contributed by atoms with E-state index in [1.807, 2.05) is 30.6 Å². The second kappa shape index (κ2) is 5.97. The normalized spacial score (nSPS) is 19.1. The van der Waals surface area contributed by atoms with Crippen molar-refractivity contribution in [2.75, 3.05) is 17.3 Å². The number of ether oxygens (including phenoxy) is 1. The molecule has 0 bridgehead atoms. The Morgan fingerprint density at radius 2 is 2.11 bits per heavy atom. The molecule has 1 aliphatic heterocycles. The van der Waals surface area contributed by atoms with E-state index in [2.05, 4.69) is 19.9 Å². The number of carbonyl (C=O) groups is 1. The van der Waals surface area contributed by atoms with Gasteiger partial charge in [-0.15, -0.1) is 0 Å². The highest BCUT2D eigenvalue weighted by atomic mass is 16.5. The number of hydrogen-bond donors (Lipinski definition) is 1. The maximum absolute atomic E-state index is 12.0. The fourth-order valence-electron chi connectivity index (χ4n) is 3.50. The van der Waals surface area contributed by atoms with Gasteiger partial charge in [0.25, 0.3) is 5.91 Å². The number of fused-ring (bicyclic) bond motifs is 2. The first-order chi connectivity index (χ1) is 13.1.